The van der Waals surface area contributed by atoms with Crippen LogP contribution >= 0.6 is 0 Å². The Hall–Kier alpha value is -5.94. The SMILES string of the molecule is CCOC(=O)NC[C@H]1CN(c2cc(F)c(N3CCN(C(=O)CNC(=O)c4ncn5c4CN(C(=O)OC(C)(C)C)Cc4ccccc4-5)CC3)c(F)c2)C(=O)O1. The molecular weight excluding hydrogens is 710 g/mol. The van der Waals surface area contributed by atoms with E-state index >= 15 is 8.78 Å². The molecule has 1 atom stereocenters. The molecule has 1 aromatic heterocycles. The van der Waals surface area contributed by atoms with Gasteiger partial charge in [0.1, 0.15) is 23.7 Å². The fraction of sp³-hybridized carbons (Fsp3) is 0.444. The molecule has 18 heteroatoms. The standard InChI is InChI=1S/C36H42F2N8O8/c1-5-52-33(49)40-16-24-19-45(35(51)53-24)23-14-25(37)31(26(38)15-23)43-12-10-42(11-13-43)29(47)17-39-32(48)30-28-20-44(34(50)54-36(2,3)4)18-22-8-6-7-9-27(22)46(28)21-41-30/h6-9,14-15,21,24H,5,10-13,16-20H2,1-4H3,(H,39,48)(H,40,49)/t24-/m0/s1. The summed E-state index contributed by atoms with van der Waals surface area (Å²) < 4.78 is 48.1. The van der Waals surface area contributed by atoms with Crippen LogP contribution in [0.4, 0.5) is 34.5 Å². The number of para-hydroxylation sites is 1. The van der Waals surface area contributed by atoms with Crippen molar-refractivity contribution in [3.63, 3.8) is 0 Å². The number of halogens is 2. The summed E-state index contributed by atoms with van der Waals surface area (Å²) in [6.07, 6.45) is -1.27. The Balaban J connectivity index is 1.05. The number of hydrogen-bond acceptors (Lipinski definition) is 10. The number of piperazine rings is 1. The number of amides is 5. The van der Waals surface area contributed by atoms with E-state index in [1.165, 1.54) is 21.0 Å². The van der Waals surface area contributed by atoms with E-state index in [2.05, 4.69) is 15.6 Å². The second-order valence-corrected chi connectivity index (χ2v) is 13.9. The molecule has 3 aliphatic heterocycles. The average molecular weight is 753 g/mol. The summed E-state index contributed by atoms with van der Waals surface area (Å²) in [4.78, 5) is 73.6. The van der Waals surface area contributed by atoms with Crippen molar-refractivity contribution < 1.29 is 47.0 Å². The largest absolute Gasteiger partial charge is 0.450 e. The fourth-order valence-electron chi connectivity index (χ4n) is 6.46. The Morgan fingerprint density at radius 2 is 1.69 bits per heavy atom. The minimum atomic E-state index is -0.898. The maximum Gasteiger partial charge on any atom is 0.414 e. The first-order valence-electron chi connectivity index (χ1n) is 17.5. The number of benzene rings is 2. The van der Waals surface area contributed by atoms with Crippen molar-refractivity contribution in [3.05, 3.63) is 71.3 Å². The predicted molar refractivity (Wildman–Crippen MR) is 189 cm³/mol. The zero-order chi connectivity index (χ0) is 38.7. The number of anilines is 2. The summed E-state index contributed by atoms with van der Waals surface area (Å²) >= 11 is 0. The monoisotopic (exact) mass is 752 g/mol. The number of hydrogen-bond donors (Lipinski definition) is 2. The first kappa shape index (κ1) is 37.8. The molecule has 4 heterocycles. The Bertz CT molecular complexity index is 1920. The number of fused-ring (bicyclic) bond motifs is 3. The molecule has 2 saturated heterocycles. The van der Waals surface area contributed by atoms with E-state index in [0.717, 1.165) is 28.3 Å². The van der Waals surface area contributed by atoms with Gasteiger partial charge in [-0.3, -0.25) is 19.4 Å². The molecule has 2 N–H and O–H groups in total. The topological polar surface area (TPSA) is 168 Å². The molecule has 0 spiro atoms. The maximum atomic E-state index is 15.4. The molecule has 0 unspecified atom stereocenters. The van der Waals surface area contributed by atoms with Crippen LogP contribution in [0.2, 0.25) is 0 Å². The Morgan fingerprint density at radius 1 is 0.981 bits per heavy atom. The van der Waals surface area contributed by atoms with Gasteiger partial charge in [-0.1, -0.05) is 18.2 Å². The molecule has 0 bridgehead atoms. The summed E-state index contributed by atoms with van der Waals surface area (Å²) in [5, 5.41) is 5.10. The Kier molecular flexibility index (Phi) is 10.9. The van der Waals surface area contributed by atoms with Gasteiger partial charge in [0, 0.05) is 38.3 Å². The third kappa shape index (κ3) is 8.31. The molecule has 3 aromatic rings. The van der Waals surface area contributed by atoms with Crippen molar-refractivity contribution in [1.29, 1.82) is 0 Å². The molecule has 54 heavy (non-hydrogen) atoms. The van der Waals surface area contributed by atoms with Crippen LogP contribution in [-0.2, 0) is 32.1 Å². The van der Waals surface area contributed by atoms with Gasteiger partial charge in [-0.25, -0.2) is 28.1 Å². The molecule has 5 amide bonds. The molecule has 0 aliphatic carbocycles. The number of cyclic esters (lactones) is 1. The highest BCUT2D eigenvalue weighted by molar-refractivity contribution is 5.96. The van der Waals surface area contributed by atoms with Crippen molar-refractivity contribution >= 4 is 41.5 Å². The molecule has 2 fully saturated rings. The van der Waals surface area contributed by atoms with Crippen molar-refractivity contribution in [2.24, 2.45) is 0 Å². The average Bonchev–Trinajstić information content (AvgIpc) is 3.67. The molecule has 6 rings (SSSR count). The summed E-state index contributed by atoms with van der Waals surface area (Å²) in [5.41, 5.74) is 1.03. The highest BCUT2D eigenvalue weighted by Gasteiger charge is 2.35. The van der Waals surface area contributed by atoms with Crippen LogP contribution in [0.15, 0.2) is 42.7 Å². The molecule has 2 aromatic carbocycles. The van der Waals surface area contributed by atoms with Gasteiger partial charge in [0.2, 0.25) is 5.91 Å². The second-order valence-electron chi connectivity index (χ2n) is 13.9. The smallest absolute Gasteiger partial charge is 0.414 e. The molecule has 0 radical (unpaired) electrons. The number of rotatable bonds is 8. The van der Waals surface area contributed by atoms with Gasteiger partial charge < -0.3 is 39.2 Å². The van der Waals surface area contributed by atoms with Gasteiger partial charge in [-0.15, -0.1) is 0 Å². The maximum absolute atomic E-state index is 15.4. The number of aromatic nitrogens is 2. The van der Waals surface area contributed by atoms with Gasteiger partial charge in [0.05, 0.1) is 56.4 Å². The molecular formula is C36H42F2N8O8. The van der Waals surface area contributed by atoms with Crippen LogP contribution < -0.4 is 20.4 Å². The Labute approximate surface area is 309 Å². The van der Waals surface area contributed by atoms with E-state index in [4.69, 9.17) is 14.2 Å². The lowest BCUT2D eigenvalue weighted by atomic mass is 10.1. The zero-order valence-electron chi connectivity index (χ0n) is 30.4. The van der Waals surface area contributed by atoms with Crippen LogP contribution in [0.1, 0.15) is 49.4 Å². The lowest BCUT2D eigenvalue weighted by Crippen LogP contribution is -2.51. The zero-order valence-corrected chi connectivity index (χ0v) is 30.4. The van der Waals surface area contributed by atoms with Crippen LogP contribution in [0.25, 0.3) is 5.69 Å². The van der Waals surface area contributed by atoms with E-state index in [1.54, 1.807) is 32.3 Å². The summed E-state index contributed by atoms with van der Waals surface area (Å²) in [7, 11) is 0. The Morgan fingerprint density at radius 3 is 2.37 bits per heavy atom. The minimum Gasteiger partial charge on any atom is -0.450 e. The van der Waals surface area contributed by atoms with Gasteiger partial charge in [-0.2, -0.15) is 0 Å². The van der Waals surface area contributed by atoms with Crippen LogP contribution in [0, 0.1) is 11.6 Å². The number of carbonyl (C=O) groups excluding carboxylic acids is 5. The van der Waals surface area contributed by atoms with Crippen molar-refractivity contribution in [2.45, 2.75) is 52.5 Å². The van der Waals surface area contributed by atoms with Crippen molar-refractivity contribution in [1.82, 2.24) is 30.0 Å². The van der Waals surface area contributed by atoms with Crippen LogP contribution in [-0.4, -0.2) is 114 Å². The highest BCUT2D eigenvalue weighted by atomic mass is 19.1. The van der Waals surface area contributed by atoms with Crippen LogP contribution in [0.3, 0.4) is 0 Å². The van der Waals surface area contributed by atoms with Gasteiger partial charge in [-0.05, 0) is 39.3 Å². The number of imidazole rings is 1. The number of nitrogens with zero attached hydrogens (tertiary/aromatic N) is 6. The van der Waals surface area contributed by atoms with E-state index in [0.29, 0.717) is 5.69 Å². The number of ether oxygens (including phenoxy) is 3. The molecule has 16 nitrogen and oxygen atoms in total. The number of alkyl carbamates (subject to hydrolysis) is 1. The van der Waals surface area contributed by atoms with Crippen LogP contribution in [0.5, 0.6) is 0 Å². The number of nitrogens with one attached hydrogen (secondary N) is 2. The molecule has 288 valence electrons. The lowest BCUT2D eigenvalue weighted by Gasteiger charge is -2.36. The highest BCUT2D eigenvalue weighted by Crippen LogP contribution is 2.32. The van der Waals surface area contributed by atoms with Gasteiger partial charge in [0.25, 0.3) is 5.91 Å². The summed E-state index contributed by atoms with van der Waals surface area (Å²) in [6.45, 7) is 7.46. The van der Waals surface area contributed by atoms with Gasteiger partial charge in [0.15, 0.2) is 17.3 Å². The van der Waals surface area contributed by atoms with Gasteiger partial charge >= 0.3 is 18.3 Å². The van der Waals surface area contributed by atoms with Crippen molar-refractivity contribution in [2.75, 3.05) is 62.2 Å². The fourth-order valence-corrected chi connectivity index (χ4v) is 6.46. The number of carbonyl (C=O) groups is 5. The van der Waals surface area contributed by atoms with E-state index in [9.17, 15) is 24.0 Å². The van der Waals surface area contributed by atoms with Crippen molar-refractivity contribution in [3.8, 4) is 5.69 Å². The van der Waals surface area contributed by atoms with E-state index in [-0.39, 0.29) is 82.6 Å². The lowest BCUT2D eigenvalue weighted by molar-refractivity contribution is -0.130. The van der Waals surface area contributed by atoms with E-state index < -0.39 is 53.4 Å². The second kappa shape index (κ2) is 15.6. The predicted octanol–water partition coefficient (Wildman–Crippen LogP) is 3.55. The third-order valence-corrected chi connectivity index (χ3v) is 8.97. The van der Waals surface area contributed by atoms with E-state index in [1.807, 2.05) is 24.3 Å². The summed E-state index contributed by atoms with van der Waals surface area (Å²) in [5.74, 6) is -2.80. The molecule has 3 aliphatic rings. The first-order valence-corrected chi connectivity index (χ1v) is 17.5. The minimum absolute atomic E-state index is 0.0353. The molecule has 0 saturated carbocycles. The third-order valence-electron chi connectivity index (χ3n) is 8.97. The normalized spacial score (nSPS) is 16.9. The first-order chi connectivity index (χ1) is 25.7. The quantitative estimate of drug-likeness (QED) is 0.325. The summed E-state index contributed by atoms with van der Waals surface area (Å²) in [6, 6.07) is 9.53.